The molecule has 3 heterocycles. The van der Waals surface area contributed by atoms with Gasteiger partial charge in [0, 0.05) is 31.2 Å². The van der Waals surface area contributed by atoms with Gasteiger partial charge in [-0.1, -0.05) is 0 Å². The second-order valence-corrected chi connectivity index (χ2v) is 5.51. The standard InChI is InChI=1S/C13H16F3N3/c14-13(15,16)11-10(3-1-6-18-11)19-8-12(9-19)4-2-5-17-7-12/h1,3,6,17H,2,4-5,7-9H2. The lowest BCUT2D eigenvalue weighted by molar-refractivity contribution is -0.140. The van der Waals surface area contributed by atoms with E-state index in [1.165, 1.54) is 12.3 Å². The Labute approximate surface area is 109 Å². The molecule has 0 unspecified atom stereocenters. The molecule has 6 heteroatoms. The summed E-state index contributed by atoms with van der Waals surface area (Å²) in [5.74, 6) is 0. The minimum atomic E-state index is -4.38. The predicted octanol–water partition coefficient (Wildman–Crippen LogP) is 2.29. The maximum absolute atomic E-state index is 12.9. The van der Waals surface area contributed by atoms with Crippen LogP contribution in [-0.4, -0.2) is 31.2 Å². The van der Waals surface area contributed by atoms with E-state index in [1.54, 1.807) is 11.0 Å². The zero-order valence-corrected chi connectivity index (χ0v) is 10.5. The van der Waals surface area contributed by atoms with E-state index in [0.717, 1.165) is 25.9 Å². The molecule has 1 aromatic heterocycles. The van der Waals surface area contributed by atoms with Crippen molar-refractivity contribution in [2.75, 3.05) is 31.1 Å². The number of alkyl halides is 3. The minimum Gasteiger partial charge on any atom is -0.368 e. The molecule has 0 bridgehead atoms. The highest BCUT2D eigenvalue weighted by atomic mass is 19.4. The maximum atomic E-state index is 12.9. The predicted molar refractivity (Wildman–Crippen MR) is 66.0 cm³/mol. The van der Waals surface area contributed by atoms with Crippen LogP contribution in [0.4, 0.5) is 18.9 Å². The molecule has 1 aromatic rings. The number of halogens is 3. The summed E-state index contributed by atoms with van der Waals surface area (Å²) in [6, 6.07) is 3.08. The van der Waals surface area contributed by atoms with Crippen molar-refractivity contribution in [3.63, 3.8) is 0 Å². The monoisotopic (exact) mass is 271 g/mol. The summed E-state index contributed by atoms with van der Waals surface area (Å²) in [5.41, 5.74) is -0.392. The number of pyridine rings is 1. The Balaban J connectivity index is 1.78. The van der Waals surface area contributed by atoms with Crippen molar-refractivity contribution in [2.24, 2.45) is 5.41 Å². The molecular weight excluding hydrogens is 255 g/mol. The van der Waals surface area contributed by atoms with Crippen molar-refractivity contribution in [3.05, 3.63) is 24.0 Å². The van der Waals surface area contributed by atoms with Gasteiger partial charge in [0.2, 0.25) is 0 Å². The summed E-state index contributed by atoms with van der Waals surface area (Å²) in [6.07, 6.45) is -0.987. The molecule has 2 saturated heterocycles. The molecule has 0 saturated carbocycles. The topological polar surface area (TPSA) is 28.2 Å². The molecular formula is C13H16F3N3. The third kappa shape index (κ3) is 2.29. The molecule has 2 fully saturated rings. The summed E-state index contributed by atoms with van der Waals surface area (Å²) in [7, 11) is 0. The van der Waals surface area contributed by atoms with Crippen LogP contribution in [0.25, 0.3) is 0 Å². The van der Waals surface area contributed by atoms with Crippen molar-refractivity contribution in [1.29, 1.82) is 0 Å². The number of hydrogen-bond acceptors (Lipinski definition) is 3. The van der Waals surface area contributed by atoms with E-state index in [1.807, 2.05) is 0 Å². The van der Waals surface area contributed by atoms with Crippen molar-refractivity contribution in [3.8, 4) is 0 Å². The third-order valence-corrected chi connectivity index (χ3v) is 4.01. The molecule has 2 aliphatic rings. The zero-order valence-electron chi connectivity index (χ0n) is 10.5. The third-order valence-electron chi connectivity index (χ3n) is 4.01. The van der Waals surface area contributed by atoms with Gasteiger partial charge in [0.1, 0.15) is 0 Å². The van der Waals surface area contributed by atoms with Crippen molar-refractivity contribution in [1.82, 2.24) is 10.3 Å². The fourth-order valence-electron chi connectivity index (χ4n) is 3.10. The van der Waals surface area contributed by atoms with Crippen LogP contribution in [0.2, 0.25) is 0 Å². The first kappa shape index (κ1) is 12.7. The van der Waals surface area contributed by atoms with Crippen molar-refractivity contribution < 1.29 is 13.2 Å². The molecule has 1 N–H and O–H groups in total. The van der Waals surface area contributed by atoms with Gasteiger partial charge in [0.15, 0.2) is 5.69 Å². The summed E-state index contributed by atoms with van der Waals surface area (Å²) < 4.78 is 38.7. The highest BCUT2D eigenvalue weighted by Gasteiger charge is 2.46. The minimum absolute atomic E-state index is 0.164. The summed E-state index contributed by atoms with van der Waals surface area (Å²) in [5, 5.41) is 3.33. The van der Waals surface area contributed by atoms with Crippen LogP contribution in [0.1, 0.15) is 18.5 Å². The number of hydrogen-bond donors (Lipinski definition) is 1. The Morgan fingerprint density at radius 2 is 2.11 bits per heavy atom. The fraction of sp³-hybridized carbons (Fsp3) is 0.615. The molecule has 0 atom stereocenters. The molecule has 19 heavy (non-hydrogen) atoms. The smallest absolute Gasteiger partial charge is 0.368 e. The van der Waals surface area contributed by atoms with Gasteiger partial charge in [-0.15, -0.1) is 0 Å². The van der Waals surface area contributed by atoms with Crippen LogP contribution in [-0.2, 0) is 6.18 Å². The number of nitrogens with zero attached hydrogens (tertiary/aromatic N) is 2. The zero-order chi connectivity index (χ0) is 13.5. The Kier molecular flexibility index (Phi) is 2.92. The SMILES string of the molecule is FC(F)(F)c1ncccc1N1CC2(CCCNC2)C1. The van der Waals surface area contributed by atoms with Crippen LogP contribution >= 0.6 is 0 Å². The van der Waals surface area contributed by atoms with E-state index >= 15 is 0 Å². The van der Waals surface area contributed by atoms with Crippen molar-refractivity contribution in [2.45, 2.75) is 19.0 Å². The van der Waals surface area contributed by atoms with Gasteiger partial charge in [-0.3, -0.25) is 0 Å². The van der Waals surface area contributed by atoms with Crippen molar-refractivity contribution >= 4 is 5.69 Å². The molecule has 0 aliphatic carbocycles. The average Bonchev–Trinajstić information content (AvgIpc) is 2.36. The lowest BCUT2D eigenvalue weighted by atomic mass is 9.73. The number of aromatic nitrogens is 1. The number of anilines is 1. The van der Waals surface area contributed by atoms with Gasteiger partial charge < -0.3 is 10.2 Å². The van der Waals surface area contributed by atoms with E-state index in [2.05, 4.69) is 10.3 Å². The molecule has 3 nitrogen and oxygen atoms in total. The maximum Gasteiger partial charge on any atom is 0.435 e. The molecule has 0 amide bonds. The summed E-state index contributed by atoms with van der Waals surface area (Å²) in [6.45, 7) is 3.30. The molecule has 104 valence electrons. The second-order valence-electron chi connectivity index (χ2n) is 5.51. The van der Waals surface area contributed by atoms with E-state index in [4.69, 9.17) is 0 Å². The van der Waals surface area contributed by atoms with Gasteiger partial charge in [0.25, 0.3) is 0 Å². The summed E-state index contributed by atoms with van der Waals surface area (Å²) in [4.78, 5) is 5.30. The molecule has 0 aromatic carbocycles. The Morgan fingerprint density at radius 3 is 2.74 bits per heavy atom. The Bertz CT molecular complexity index is 458. The first-order chi connectivity index (χ1) is 9.00. The van der Waals surface area contributed by atoms with E-state index < -0.39 is 11.9 Å². The van der Waals surface area contributed by atoms with Crippen LogP contribution < -0.4 is 10.2 Å². The van der Waals surface area contributed by atoms with Crippen LogP contribution in [0, 0.1) is 5.41 Å². The quantitative estimate of drug-likeness (QED) is 0.849. The largest absolute Gasteiger partial charge is 0.435 e. The average molecular weight is 271 g/mol. The molecule has 3 rings (SSSR count). The highest BCUT2D eigenvalue weighted by molar-refractivity contribution is 5.54. The molecule has 0 radical (unpaired) electrons. The highest BCUT2D eigenvalue weighted by Crippen LogP contribution is 2.43. The number of nitrogens with one attached hydrogen (secondary N) is 1. The van der Waals surface area contributed by atoms with Gasteiger partial charge in [0.05, 0.1) is 5.69 Å². The number of piperidine rings is 1. The van der Waals surface area contributed by atoms with Crippen LogP contribution in [0.5, 0.6) is 0 Å². The van der Waals surface area contributed by atoms with Gasteiger partial charge in [-0.25, -0.2) is 4.98 Å². The second kappa shape index (κ2) is 4.37. The Morgan fingerprint density at radius 1 is 1.32 bits per heavy atom. The van der Waals surface area contributed by atoms with Crippen LogP contribution in [0.15, 0.2) is 18.3 Å². The van der Waals surface area contributed by atoms with Crippen LogP contribution in [0.3, 0.4) is 0 Å². The van der Waals surface area contributed by atoms with E-state index in [9.17, 15) is 13.2 Å². The lowest BCUT2D eigenvalue weighted by Gasteiger charge is -2.53. The molecule has 1 spiro atoms. The normalized spacial score (nSPS) is 22.4. The number of rotatable bonds is 1. The van der Waals surface area contributed by atoms with Gasteiger partial charge in [-0.2, -0.15) is 13.2 Å². The van der Waals surface area contributed by atoms with Gasteiger partial charge in [-0.05, 0) is 31.5 Å². The first-order valence-electron chi connectivity index (χ1n) is 6.48. The van der Waals surface area contributed by atoms with E-state index in [-0.39, 0.29) is 11.1 Å². The molecule has 2 aliphatic heterocycles. The fourth-order valence-corrected chi connectivity index (χ4v) is 3.10. The van der Waals surface area contributed by atoms with E-state index in [0.29, 0.717) is 13.1 Å². The summed E-state index contributed by atoms with van der Waals surface area (Å²) >= 11 is 0. The first-order valence-corrected chi connectivity index (χ1v) is 6.48. The lowest BCUT2D eigenvalue weighted by Crippen LogP contribution is -2.62. The van der Waals surface area contributed by atoms with Gasteiger partial charge >= 0.3 is 6.18 Å². The Hall–Kier alpha value is -1.30.